The number of ether oxygens (including phenoxy) is 1. The Kier molecular flexibility index (Phi) is 3.84. The lowest BCUT2D eigenvalue weighted by Gasteiger charge is -2.33. The summed E-state index contributed by atoms with van der Waals surface area (Å²) in [6.07, 6.45) is 0.722. The molecule has 20 heavy (non-hydrogen) atoms. The molecule has 0 radical (unpaired) electrons. The summed E-state index contributed by atoms with van der Waals surface area (Å²) in [5.74, 6) is -0.554. The molecule has 1 aliphatic rings. The van der Waals surface area contributed by atoms with Crippen LogP contribution in [0.15, 0.2) is 18.2 Å². The van der Waals surface area contributed by atoms with Gasteiger partial charge in [0.1, 0.15) is 12.2 Å². The Bertz CT molecular complexity index is 561. The van der Waals surface area contributed by atoms with Crippen LogP contribution in [-0.2, 0) is 0 Å². The summed E-state index contributed by atoms with van der Waals surface area (Å²) in [7, 11) is 0. The number of aromatic carboxylic acids is 1. The third-order valence-corrected chi connectivity index (χ3v) is 3.48. The van der Waals surface area contributed by atoms with E-state index in [1.54, 1.807) is 12.1 Å². The molecule has 0 aromatic heterocycles. The molecule has 1 aliphatic heterocycles. The lowest BCUT2D eigenvalue weighted by molar-refractivity contribution is 0.0692. The van der Waals surface area contributed by atoms with Gasteiger partial charge in [-0.05, 0) is 32.4 Å². The number of nitriles is 1. The average molecular weight is 274 g/mol. The molecule has 5 nitrogen and oxygen atoms in total. The van der Waals surface area contributed by atoms with Gasteiger partial charge in [0, 0.05) is 6.54 Å². The molecule has 106 valence electrons. The minimum atomic E-state index is -0.985. The van der Waals surface area contributed by atoms with Crippen LogP contribution < -0.4 is 9.64 Å². The topological polar surface area (TPSA) is 73.6 Å². The number of para-hydroxylation sites is 1. The highest BCUT2D eigenvalue weighted by Crippen LogP contribution is 2.35. The van der Waals surface area contributed by atoms with Gasteiger partial charge in [0.2, 0.25) is 0 Å². The van der Waals surface area contributed by atoms with Crippen LogP contribution in [0.2, 0.25) is 0 Å². The van der Waals surface area contributed by atoms with E-state index in [0.29, 0.717) is 25.4 Å². The van der Waals surface area contributed by atoms with Crippen LogP contribution in [0, 0.1) is 16.7 Å². The Morgan fingerprint density at radius 1 is 1.55 bits per heavy atom. The average Bonchev–Trinajstić information content (AvgIpc) is 2.44. The summed E-state index contributed by atoms with van der Waals surface area (Å²) in [6.45, 7) is 5.69. The van der Waals surface area contributed by atoms with E-state index in [4.69, 9.17) is 10.00 Å². The van der Waals surface area contributed by atoms with Crippen LogP contribution in [0.1, 0.15) is 30.6 Å². The first-order valence-electron chi connectivity index (χ1n) is 6.60. The van der Waals surface area contributed by atoms with Crippen LogP contribution in [-0.4, -0.2) is 30.8 Å². The predicted molar refractivity (Wildman–Crippen MR) is 75.1 cm³/mol. The van der Waals surface area contributed by atoms with Gasteiger partial charge >= 0.3 is 5.97 Å². The van der Waals surface area contributed by atoms with E-state index in [1.165, 1.54) is 0 Å². The number of carboxylic acids is 1. The highest BCUT2D eigenvalue weighted by Gasteiger charge is 2.25. The van der Waals surface area contributed by atoms with E-state index in [1.807, 2.05) is 19.9 Å². The predicted octanol–water partition coefficient (Wildman–Crippen LogP) is 2.52. The fraction of sp³-hybridized carbons (Fsp3) is 0.467. The molecule has 0 spiro atoms. The minimum absolute atomic E-state index is 0.187. The summed E-state index contributed by atoms with van der Waals surface area (Å²) in [4.78, 5) is 13.3. The molecule has 1 N–H and O–H groups in total. The van der Waals surface area contributed by atoms with Gasteiger partial charge in [0.05, 0.1) is 23.7 Å². The maximum absolute atomic E-state index is 11.2. The van der Waals surface area contributed by atoms with Crippen LogP contribution in [0.5, 0.6) is 5.75 Å². The van der Waals surface area contributed by atoms with Gasteiger partial charge in [0.25, 0.3) is 0 Å². The number of hydrogen-bond donors (Lipinski definition) is 1. The fourth-order valence-corrected chi connectivity index (χ4v) is 2.17. The zero-order valence-corrected chi connectivity index (χ0v) is 11.7. The summed E-state index contributed by atoms with van der Waals surface area (Å²) < 4.78 is 5.52. The van der Waals surface area contributed by atoms with Crippen molar-refractivity contribution in [2.75, 3.05) is 24.6 Å². The van der Waals surface area contributed by atoms with Crippen molar-refractivity contribution < 1.29 is 14.6 Å². The molecule has 1 aromatic carbocycles. The Labute approximate surface area is 118 Å². The van der Waals surface area contributed by atoms with Crippen molar-refractivity contribution in [2.24, 2.45) is 5.41 Å². The third kappa shape index (κ3) is 2.85. The van der Waals surface area contributed by atoms with Crippen LogP contribution in [0.4, 0.5) is 5.69 Å². The second-order valence-corrected chi connectivity index (χ2v) is 5.54. The lowest BCUT2D eigenvalue weighted by Crippen LogP contribution is -2.35. The first-order chi connectivity index (χ1) is 9.44. The molecular weight excluding hydrogens is 256 g/mol. The largest absolute Gasteiger partial charge is 0.489 e. The quantitative estimate of drug-likeness (QED) is 0.913. The van der Waals surface area contributed by atoms with E-state index in [2.05, 4.69) is 11.0 Å². The molecule has 5 heteroatoms. The molecule has 0 amide bonds. The van der Waals surface area contributed by atoms with Gasteiger partial charge < -0.3 is 14.7 Å². The molecule has 2 rings (SSSR count). The van der Waals surface area contributed by atoms with Gasteiger partial charge in [0.15, 0.2) is 5.75 Å². The van der Waals surface area contributed by atoms with Crippen LogP contribution in [0.25, 0.3) is 0 Å². The van der Waals surface area contributed by atoms with Crippen molar-refractivity contribution >= 4 is 11.7 Å². The van der Waals surface area contributed by atoms with Gasteiger partial charge in [-0.25, -0.2) is 4.79 Å². The van der Waals surface area contributed by atoms with E-state index in [0.717, 1.165) is 12.1 Å². The SMILES string of the molecule is CC(C)(C#N)CCN1CCOc2c(C(=O)O)cccc21. The van der Waals surface area contributed by atoms with Gasteiger partial charge in [-0.15, -0.1) is 0 Å². The van der Waals surface area contributed by atoms with Gasteiger partial charge in [-0.2, -0.15) is 5.26 Å². The van der Waals surface area contributed by atoms with Gasteiger partial charge in [-0.3, -0.25) is 0 Å². The van der Waals surface area contributed by atoms with Crippen molar-refractivity contribution in [3.8, 4) is 11.8 Å². The Morgan fingerprint density at radius 3 is 2.95 bits per heavy atom. The van der Waals surface area contributed by atoms with Crippen molar-refractivity contribution in [3.63, 3.8) is 0 Å². The third-order valence-electron chi connectivity index (χ3n) is 3.48. The molecule has 1 heterocycles. The number of rotatable bonds is 4. The second-order valence-electron chi connectivity index (χ2n) is 5.54. The second kappa shape index (κ2) is 5.41. The molecule has 0 aliphatic carbocycles. The maximum atomic E-state index is 11.2. The number of carbonyl (C=O) groups is 1. The van der Waals surface area contributed by atoms with Crippen LogP contribution in [0.3, 0.4) is 0 Å². The van der Waals surface area contributed by atoms with E-state index in [-0.39, 0.29) is 11.0 Å². The van der Waals surface area contributed by atoms with Crippen molar-refractivity contribution in [2.45, 2.75) is 20.3 Å². The fourth-order valence-electron chi connectivity index (χ4n) is 2.17. The Balaban J connectivity index is 2.23. The lowest BCUT2D eigenvalue weighted by atomic mass is 9.91. The summed E-state index contributed by atoms with van der Waals surface area (Å²) in [5, 5.41) is 18.2. The molecular formula is C15H18N2O3. The molecule has 0 atom stereocenters. The zero-order chi connectivity index (χ0) is 14.8. The molecule has 0 bridgehead atoms. The number of anilines is 1. The molecule has 0 saturated heterocycles. The van der Waals surface area contributed by atoms with E-state index < -0.39 is 5.97 Å². The number of benzene rings is 1. The molecule has 0 saturated carbocycles. The van der Waals surface area contributed by atoms with Crippen molar-refractivity contribution in [3.05, 3.63) is 23.8 Å². The Hall–Kier alpha value is -2.22. The summed E-state index contributed by atoms with van der Waals surface area (Å²) in [5.41, 5.74) is 0.597. The van der Waals surface area contributed by atoms with E-state index in [9.17, 15) is 9.90 Å². The van der Waals surface area contributed by atoms with Crippen molar-refractivity contribution in [1.82, 2.24) is 0 Å². The summed E-state index contributed by atoms with van der Waals surface area (Å²) in [6, 6.07) is 7.41. The number of carboxylic acid groups (broad SMARTS) is 1. The smallest absolute Gasteiger partial charge is 0.339 e. The molecule has 0 fully saturated rings. The molecule has 0 unspecified atom stereocenters. The number of nitrogens with zero attached hydrogens (tertiary/aromatic N) is 2. The molecule has 1 aromatic rings. The standard InChI is InChI=1S/C15H18N2O3/c1-15(2,10-16)6-7-17-8-9-20-13-11(14(18)19)4-3-5-12(13)17/h3-5H,6-9H2,1-2H3,(H,18,19). The van der Waals surface area contributed by atoms with E-state index >= 15 is 0 Å². The highest BCUT2D eigenvalue weighted by molar-refractivity contribution is 5.93. The maximum Gasteiger partial charge on any atom is 0.339 e. The summed E-state index contributed by atoms with van der Waals surface area (Å²) >= 11 is 0. The van der Waals surface area contributed by atoms with Crippen molar-refractivity contribution in [1.29, 1.82) is 5.26 Å². The van der Waals surface area contributed by atoms with Crippen LogP contribution >= 0.6 is 0 Å². The monoisotopic (exact) mass is 274 g/mol. The first kappa shape index (κ1) is 14.2. The zero-order valence-electron chi connectivity index (χ0n) is 11.7. The number of fused-ring (bicyclic) bond motifs is 1. The highest BCUT2D eigenvalue weighted by atomic mass is 16.5. The van der Waals surface area contributed by atoms with Gasteiger partial charge in [-0.1, -0.05) is 6.07 Å². The first-order valence-corrected chi connectivity index (χ1v) is 6.60. The normalized spacial score (nSPS) is 14.2. The Morgan fingerprint density at radius 2 is 2.30 bits per heavy atom. The minimum Gasteiger partial charge on any atom is -0.489 e. The number of hydrogen-bond acceptors (Lipinski definition) is 4.